The molecule has 0 spiro atoms. The molecule has 1 atom stereocenters. The van der Waals surface area contributed by atoms with Crippen molar-refractivity contribution in [3.05, 3.63) is 60.2 Å². The second-order valence-corrected chi connectivity index (χ2v) is 5.15. The minimum Gasteiger partial charge on any atom is -0.443 e. The zero-order valence-corrected chi connectivity index (χ0v) is 12.5. The molecule has 124 valence electrons. The Morgan fingerprint density at radius 1 is 1.25 bits per heavy atom. The lowest BCUT2D eigenvalue weighted by atomic mass is 10.1. The number of rotatable bonds is 3. The highest BCUT2D eigenvalue weighted by atomic mass is 19.4. The first-order valence-electron chi connectivity index (χ1n) is 6.96. The number of benzene rings is 1. The average Bonchev–Trinajstić information content (AvgIpc) is 2.96. The quantitative estimate of drug-likeness (QED) is 0.688. The zero-order chi connectivity index (χ0) is 17.3. The molecule has 5 nitrogen and oxygen atoms in total. The molecule has 24 heavy (non-hydrogen) atoms. The van der Waals surface area contributed by atoms with Crippen LogP contribution in [0.2, 0.25) is 0 Å². The summed E-state index contributed by atoms with van der Waals surface area (Å²) in [4.78, 5) is 16.2. The van der Waals surface area contributed by atoms with Crippen LogP contribution >= 0.6 is 0 Å². The molecule has 2 aromatic heterocycles. The monoisotopic (exact) mass is 335 g/mol. The molecule has 0 amide bonds. The molecule has 0 fully saturated rings. The van der Waals surface area contributed by atoms with Gasteiger partial charge in [-0.3, -0.25) is 4.68 Å². The van der Waals surface area contributed by atoms with Crippen LogP contribution in [0, 0.1) is 0 Å². The van der Waals surface area contributed by atoms with Crippen molar-refractivity contribution in [3.8, 4) is 0 Å². The molecular formula is C16H12F3N3O2. The molecule has 3 aromatic rings. The van der Waals surface area contributed by atoms with Crippen molar-refractivity contribution in [2.75, 3.05) is 0 Å². The maximum absolute atomic E-state index is 13.3. The van der Waals surface area contributed by atoms with Gasteiger partial charge in [0.1, 0.15) is 0 Å². The number of aryl methyl sites for hydroxylation is 1. The second kappa shape index (κ2) is 5.95. The van der Waals surface area contributed by atoms with Crippen LogP contribution < -0.4 is 0 Å². The van der Waals surface area contributed by atoms with E-state index < -0.39 is 18.2 Å². The first-order chi connectivity index (χ1) is 11.4. The van der Waals surface area contributed by atoms with Crippen molar-refractivity contribution >= 4 is 16.7 Å². The van der Waals surface area contributed by atoms with Crippen LogP contribution in [0.25, 0.3) is 10.8 Å². The third-order valence-corrected chi connectivity index (χ3v) is 3.42. The number of carbonyl (C=O) groups excluding carboxylic acids is 1. The van der Waals surface area contributed by atoms with E-state index in [4.69, 9.17) is 4.74 Å². The molecule has 8 heteroatoms. The minimum atomic E-state index is -4.76. The fourth-order valence-corrected chi connectivity index (χ4v) is 2.34. The molecular weight excluding hydrogens is 323 g/mol. The van der Waals surface area contributed by atoms with Crippen molar-refractivity contribution in [1.82, 2.24) is 14.8 Å². The summed E-state index contributed by atoms with van der Waals surface area (Å²) >= 11 is 0. The molecule has 0 saturated carbocycles. The van der Waals surface area contributed by atoms with Crippen molar-refractivity contribution in [2.24, 2.45) is 7.05 Å². The van der Waals surface area contributed by atoms with E-state index in [1.165, 1.54) is 17.9 Å². The molecule has 3 rings (SSSR count). The van der Waals surface area contributed by atoms with E-state index in [2.05, 4.69) is 10.1 Å². The van der Waals surface area contributed by atoms with Crippen LogP contribution in [0.15, 0.2) is 48.9 Å². The number of hydrogen-bond donors (Lipinski definition) is 0. The third kappa shape index (κ3) is 3.08. The predicted molar refractivity (Wildman–Crippen MR) is 79.2 cm³/mol. The van der Waals surface area contributed by atoms with E-state index in [-0.39, 0.29) is 11.3 Å². The Morgan fingerprint density at radius 3 is 2.67 bits per heavy atom. The zero-order valence-electron chi connectivity index (χ0n) is 12.5. The molecule has 2 heterocycles. The Hall–Kier alpha value is -2.90. The summed E-state index contributed by atoms with van der Waals surface area (Å²) in [5.41, 5.74) is -0.412. The van der Waals surface area contributed by atoms with Gasteiger partial charge in [-0.2, -0.15) is 18.3 Å². The van der Waals surface area contributed by atoms with Gasteiger partial charge in [-0.15, -0.1) is 0 Å². The van der Waals surface area contributed by atoms with Gasteiger partial charge in [-0.1, -0.05) is 24.3 Å². The number of pyridine rings is 1. The van der Waals surface area contributed by atoms with Crippen molar-refractivity contribution in [3.63, 3.8) is 0 Å². The number of esters is 1. The highest BCUT2D eigenvalue weighted by Crippen LogP contribution is 2.36. The molecule has 0 aliphatic rings. The average molecular weight is 335 g/mol. The molecule has 0 N–H and O–H groups in total. The summed E-state index contributed by atoms with van der Waals surface area (Å²) in [6, 6.07) is 8.42. The molecule has 0 aliphatic heterocycles. The topological polar surface area (TPSA) is 57.0 Å². The summed E-state index contributed by atoms with van der Waals surface area (Å²) in [6.45, 7) is 0. The minimum absolute atomic E-state index is 0.161. The van der Waals surface area contributed by atoms with Crippen molar-refractivity contribution < 1.29 is 22.7 Å². The second-order valence-electron chi connectivity index (χ2n) is 5.15. The van der Waals surface area contributed by atoms with Gasteiger partial charge in [0.05, 0.1) is 6.20 Å². The Balaban J connectivity index is 1.96. The van der Waals surface area contributed by atoms with Crippen molar-refractivity contribution in [2.45, 2.75) is 12.3 Å². The van der Waals surface area contributed by atoms with Gasteiger partial charge < -0.3 is 4.74 Å². The highest BCUT2D eigenvalue weighted by Gasteiger charge is 2.45. The first-order valence-corrected chi connectivity index (χ1v) is 6.96. The third-order valence-electron chi connectivity index (χ3n) is 3.42. The summed E-state index contributed by atoms with van der Waals surface area (Å²) in [5, 5.41) is 4.80. The largest absolute Gasteiger partial charge is 0.443 e. The van der Waals surface area contributed by atoms with Crippen LogP contribution in [0.3, 0.4) is 0 Å². The Morgan fingerprint density at radius 2 is 2.00 bits per heavy atom. The van der Waals surface area contributed by atoms with E-state index in [0.717, 1.165) is 12.4 Å². The van der Waals surface area contributed by atoms with Crippen LogP contribution in [-0.2, 0) is 11.8 Å². The van der Waals surface area contributed by atoms with Crippen LogP contribution in [0.4, 0.5) is 13.2 Å². The van der Waals surface area contributed by atoms with Crippen LogP contribution in [0.1, 0.15) is 22.2 Å². The van der Waals surface area contributed by atoms with Crippen LogP contribution in [0.5, 0.6) is 0 Å². The SMILES string of the molecule is Cn1cc(C(OC(=O)c2nccc3ccccc23)C(F)(F)F)cn1. The smallest absolute Gasteiger partial charge is 0.429 e. The van der Waals surface area contributed by atoms with Gasteiger partial charge in [0.25, 0.3) is 0 Å². The lowest BCUT2D eigenvalue weighted by Gasteiger charge is -2.19. The highest BCUT2D eigenvalue weighted by molar-refractivity contribution is 6.02. The normalized spacial score (nSPS) is 13.0. The van der Waals surface area contributed by atoms with E-state index in [1.54, 1.807) is 30.3 Å². The van der Waals surface area contributed by atoms with Gasteiger partial charge in [0, 0.05) is 30.4 Å². The number of nitrogens with zero attached hydrogens (tertiary/aromatic N) is 3. The Bertz CT molecular complexity index is 884. The first kappa shape index (κ1) is 16.0. The maximum Gasteiger partial charge on any atom is 0.429 e. The number of fused-ring (bicyclic) bond motifs is 1. The predicted octanol–water partition coefficient (Wildman–Crippen LogP) is 3.43. The van der Waals surface area contributed by atoms with Gasteiger partial charge in [-0.05, 0) is 11.5 Å². The summed E-state index contributed by atoms with van der Waals surface area (Å²) < 4.78 is 45.7. The standard InChI is InChI=1S/C16H12F3N3O2/c1-22-9-11(8-21-22)14(16(17,18)19)24-15(23)13-12-5-3-2-4-10(12)6-7-20-13/h2-9,14H,1H3. The lowest BCUT2D eigenvalue weighted by molar-refractivity contribution is -0.207. The molecule has 0 radical (unpaired) electrons. The van der Waals surface area contributed by atoms with Crippen molar-refractivity contribution in [1.29, 1.82) is 0 Å². The molecule has 0 bridgehead atoms. The Labute approximate surface area is 134 Å². The van der Waals surface area contributed by atoms with E-state index in [1.807, 2.05) is 0 Å². The molecule has 1 aromatic carbocycles. The fourth-order valence-electron chi connectivity index (χ4n) is 2.34. The number of aromatic nitrogens is 3. The number of carbonyl (C=O) groups is 1. The molecule has 0 saturated heterocycles. The molecule has 1 unspecified atom stereocenters. The number of halogens is 3. The van der Waals surface area contributed by atoms with E-state index in [9.17, 15) is 18.0 Å². The molecule has 0 aliphatic carbocycles. The van der Waals surface area contributed by atoms with Gasteiger partial charge >= 0.3 is 12.1 Å². The van der Waals surface area contributed by atoms with Crippen LogP contribution in [-0.4, -0.2) is 26.9 Å². The number of hydrogen-bond acceptors (Lipinski definition) is 4. The van der Waals surface area contributed by atoms with E-state index >= 15 is 0 Å². The fraction of sp³-hybridized carbons (Fsp3) is 0.188. The van der Waals surface area contributed by atoms with Gasteiger partial charge in [0.15, 0.2) is 5.69 Å². The van der Waals surface area contributed by atoms with E-state index in [0.29, 0.717) is 10.8 Å². The number of ether oxygens (including phenoxy) is 1. The summed E-state index contributed by atoms with van der Waals surface area (Å²) in [5.74, 6) is -1.14. The van der Waals surface area contributed by atoms with Gasteiger partial charge in [0.2, 0.25) is 6.10 Å². The summed E-state index contributed by atoms with van der Waals surface area (Å²) in [7, 11) is 1.48. The number of alkyl halides is 3. The lowest BCUT2D eigenvalue weighted by Crippen LogP contribution is -2.26. The summed E-state index contributed by atoms with van der Waals surface area (Å²) in [6.07, 6.45) is -3.64. The maximum atomic E-state index is 13.3. The van der Waals surface area contributed by atoms with Gasteiger partial charge in [-0.25, -0.2) is 9.78 Å². The Kier molecular flexibility index (Phi) is 3.96.